The van der Waals surface area contributed by atoms with E-state index in [4.69, 9.17) is 0 Å². The molecule has 4 aliphatic carbocycles. The Balaban J connectivity index is 1.09. The standard InChI is InChI=1S/C51H38S2/c1-2-10-35-34(9-1)33(31-20-22-39-38-12-4-7-15-45(38)52-47(39)27-31)23-24-36(35)41-28-42-37-11-3-6-14-43(37)51(32-21-19-30-18-17-29(25-32)26-44(30)51)49(42)50-48(41)40-13-5-8-16-46(40)53-50/h1-16,20,22-24,27-30,32,44H,17-19,21,25-26H2. The van der Waals surface area contributed by atoms with Crippen LogP contribution in [0.5, 0.6) is 0 Å². The molecule has 3 fully saturated rings. The fourth-order valence-electron chi connectivity index (χ4n) is 12.5. The van der Waals surface area contributed by atoms with Crippen molar-refractivity contribution in [1.82, 2.24) is 0 Å². The van der Waals surface area contributed by atoms with E-state index in [1.54, 1.807) is 15.8 Å². The van der Waals surface area contributed by atoms with Crippen LogP contribution >= 0.6 is 22.7 Å². The molecule has 4 aliphatic rings. The van der Waals surface area contributed by atoms with Gasteiger partial charge in [0, 0.05) is 45.8 Å². The summed E-state index contributed by atoms with van der Waals surface area (Å²) in [6.07, 6.45) is 8.54. The van der Waals surface area contributed by atoms with Gasteiger partial charge in [-0.25, -0.2) is 0 Å². The third kappa shape index (κ3) is 3.81. The van der Waals surface area contributed by atoms with Crippen molar-refractivity contribution in [3.05, 3.63) is 145 Å². The van der Waals surface area contributed by atoms with Crippen LogP contribution in [0.15, 0.2) is 133 Å². The van der Waals surface area contributed by atoms with Gasteiger partial charge >= 0.3 is 0 Å². The van der Waals surface area contributed by atoms with Crippen molar-refractivity contribution in [1.29, 1.82) is 0 Å². The molecule has 3 bridgehead atoms. The largest absolute Gasteiger partial charge is 0.135 e. The van der Waals surface area contributed by atoms with Crippen molar-refractivity contribution in [2.75, 3.05) is 0 Å². The van der Waals surface area contributed by atoms with Gasteiger partial charge in [0.05, 0.1) is 0 Å². The van der Waals surface area contributed by atoms with Gasteiger partial charge in [0.15, 0.2) is 0 Å². The molecule has 0 amide bonds. The Kier molecular flexibility index (Phi) is 5.98. The van der Waals surface area contributed by atoms with Gasteiger partial charge in [-0.1, -0.05) is 116 Å². The molecule has 0 N–H and O–H groups in total. The zero-order valence-electron chi connectivity index (χ0n) is 29.6. The van der Waals surface area contributed by atoms with Crippen LogP contribution in [0.1, 0.15) is 49.7 Å². The summed E-state index contributed by atoms with van der Waals surface area (Å²) in [4.78, 5) is 0. The second kappa shape index (κ2) is 10.7. The van der Waals surface area contributed by atoms with E-state index in [9.17, 15) is 0 Å². The molecule has 9 aromatic rings. The second-order valence-corrected chi connectivity index (χ2v) is 18.8. The molecule has 2 aromatic heterocycles. The molecule has 53 heavy (non-hydrogen) atoms. The van der Waals surface area contributed by atoms with Crippen molar-refractivity contribution in [2.45, 2.75) is 43.9 Å². The fourth-order valence-corrected chi connectivity index (χ4v) is 15.0. The summed E-state index contributed by atoms with van der Waals surface area (Å²) in [5, 5.41) is 8.28. The molecule has 13 rings (SSSR count). The first-order chi connectivity index (χ1) is 26.3. The predicted molar refractivity (Wildman–Crippen MR) is 228 cm³/mol. The molecule has 3 saturated carbocycles. The quantitative estimate of drug-likeness (QED) is 0.167. The highest BCUT2D eigenvalue weighted by atomic mass is 32.1. The van der Waals surface area contributed by atoms with Crippen LogP contribution in [0.2, 0.25) is 0 Å². The summed E-state index contributed by atoms with van der Waals surface area (Å²) >= 11 is 3.99. The summed E-state index contributed by atoms with van der Waals surface area (Å²) in [5.41, 5.74) is 11.9. The molecule has 0 saturated heterocycles. The molecule has 5 atom stereocenters. The topological polar surface area (TPSA) is 0 Å². The average molecular weight is 715 g/mol. The Morgan fingerprint density at radius 1 is 0.472 bits per heavy atom. The lowest BCUT2D eigenvalue weighted by molar-refractivity contribution is -0.0314. The van der Waals surface area contributed by atoms with Crippen molar-refractivity contribution >= 4 is 73.8 Å². The summed E-state index contributed by atoms with van der Waals surface area (Å²) in [7, 11) is 0. The van der Waals surface area contributed by atoms with Gasteiger partial charge in [0.1, 0.15) is 0 Å². The van der Waals surface area contributed by atoms with Crippen LogP contribution in [0.3, 0.4) is 0 Å². The van der Waals surface area contributed by atoms with E-state index in [-0.39, 0.29) is 5.41 Å². The monoisotopic (exact) mass is 714 g/mol. The maximum atomic E-state index is 2.66. The Hall–Kier alpha value is -4.76. The van der Waals surface area contributed by atoms with Crippen LogP contribution in [0.4, 0.5) is 0 Å². The lowest BCUT2D eigenvalue weighted by Crippen LogP contribution is -2.55. The lowest BCUT2D eigenvalue weighted by Gasteiger charge is -2.60. The highest BCUT2D eigenvalue weighted by Gasteiger charge is 2.62. The number of hydrogen-bond acceptors (Lipinski definition) is 2. The number of thiophene rings is 2. The normalized spacial score (nSPS) is 24.2. The molecule has 7 aromatic carbocycles. The van der Waals surface area contributed by atoms with Crippen LogP contribution < -0.4 is 0 Å². The molecule has 5 unspecified atom stereocenters. The average Bonchev–Trinajstić information content (AvgIpc) is 3.86. The van der Waals surface area contributed by atoms with Gasteiger partial charge in [0.25, 0.3) is 0 Å². The van der Waals surface area contributed by atoms with Crippen molar-refractivity contribution in [2.24, 2.45) is 23.7 Å². The number of fused-ring (bicyclic) bond motifs is 12. The van der Waals surface area contributed by atoms with E-state index in [2.05, 4.69) is 145 Å². The first-order valence-corrected chi connectivity index (χ1v) is 21.4. The third-order valence-electron chi connectivity index (χ3n) is 14.5. The SMILES string of the molecule is c1ccc2c(c1)-c1cc(-c3ccc(-c4ccc5c(c4)sc4ccccc45)c4ccccc34)c3c(sc4ccccc43)c1C21C2CCC3CCC(C2)CC31. The molecule has 2 heterocycles. The first kappa shape index (κ1) is 29.7. The summed E-state index contributed by atoms with van der Waals surface area (Å²) in [6.45, 7) is 0. The minimum absolute atomic E-state index is 0.139. The fraction of sp³-hybridized carbons (Fsp3) is 0.216. The Morgan fingerprint density at radius 2 is 1.17 bits per heavy atom. The number of benzene rings is 7. The first-order valence-electron chi connectivity index (χ1n) is 19.8. The van der Waals surface area contributed by atoms with Crippen LogP contribution in [-0.4, -0.2) is 0 Å². The van der Waals surface area contributed by atoms with Gasteiger partial charge in [-0.3, -0.25) is 0 Å². The molecule has 254 valence electrons. The minimum Gasteiger partial charge on any atom is -0.135 e. The Bertz CT molecular complexity index is 3010. The molecule has 2 heteroatoms. The number of hydrogen-bond donors (Lipinski definition) is 0. The Morgan fingerprint density at radius 3 is 2.06 bits per heavy atom. The molecule has 0 radical (unpaired) electrons. The predicted octanol–water partition coefficient (Wildman–Crippen LogP) is 15.0. The second-order valence-electron chi connectivity index (χ2n) is 16.6. The highest BCUT2D eigenvalue weighted by Crippen LogP contribution is 2.71. The van der Waals surface area contributed by atoms with Crippen LogP contribution in [0, 0.1) is 23.7 Å². The molecule has 0 aliphatic heterocycles. The number of rotatable bonds is 2. The van der Waals surface area contributed by atoms with E-state index >= 15 is 0 Å². The van der Waals surface area contributed by atoms with Gasteiger partial charge in [0.2, 0.25) is 0 Å². The molecular formula is C51H38S2. The molecule has 0 nitrogen and oxygen atoms in total. The molecular weight excluding hydrogens is 677 g/mol. The lowest BCUT2D eigenvalue weighted by atomic mass is 9.43. The van der Waals surface area contributed by atoms with Crippen molar-refractivity contribution in [3.8, 4) is 33.4 Å². The van der Waals surface area contributed by atoms with E-state index in [1.807, 2.05) is 11.3 Å². The molecule has 1 spiro atoms. The summed E-state index contributed by atoms with van der Waals surface area (Å²) < 4.78 is 5.70. The maximum Gasteiger partial charge on any atom is 0.0409 e. The van der Waals surface area contributed by atoms with Gasteiger partial charge in [-0.2, -0.15) is 0 Å². The van der Waals surface area contributed by atoms with Gasteiger partial charge < -0.3 is 0 Å². The van der Waals surface area contributed by atoms with E-state index in [1.165, 1.54) is 118 Å². The zero-order chi connectivity index (χ0) is 34.4. The van der Waals surface area contributed by atoms with E-state index < -0.39 is 0 Å². The van der Waals surface area contributed by atoms with Crippen LogP contribution in [0.25, 0.3) is 84.5 Å². The maximum absolute atomic E-state index is 2.66. The van der Waals surface area contributed by atoms with E-state index in [0.29, 0.717) is 0 Å². The third-order valence-corrected chi connectivity index (χ3v) is 16.8. The summed E-state index contributed by atoms with van der Waals surface area (Å²) in [6, 6.07) is 51.6. The Labute approximate surface area is 317 Å². The van der Waals surface area contributed by atoms with Gasteiger partial charge in [-0.15, -0.1) is 22.7 Å². The van der Waals surface area contributed by atoms with Crippen molar-refractivity contribution < 1.29 is 0 Å². The highest BCUT2D eigenvalue weighted by molar-refractivity contribution is 7.26. The van der Waals surface area contributed by atoms with Crippen LogP contribution in [-0.2, 0) is 5.41 Å². The van der Waals surface area contributed by atoms with Gasteiger partial charge in [-0.05, 0) is 135 Å². The van der Waals surface area contributed by atoms with Crippen molar-refractivity contribution in [3.63, 3.8) is 0 Å². The van der Waals surface area contributed by atoms with E-state index in [0.717, 1.165) is 23.7 Å². The minimum atomic E-state index is 0.139. The zero-order valence-corrected chi connectivity index (χ0v) is 31.2. The smallest absolute Gasteiger partial charge is 0.0409 e. The summed E-state index contributed by atoms with van der Waals surface area (Å²) in [5.74, 6) is 3.27.